The molecular formula is C11H21NO3. The zero-order valence-electron chi connectivity index (χ0n) is 9.69. The van der Waals surface area contributed by atoms with Gasteiger partial charge >= 0.3 is 5.97 Å². The van der Waals surface area contributed by atoms with E-state index in [4.69, 9.17) is 10.5 Å². The van der Waals surface area contributed by atoms with E-state index in [9.17, 15) is 9.90 Å². The number of aliphatic hydroxyl groups excluding tert-OH is 1. The number of hydrogen-bond acceptors (Lipinski definition) is 4. The number of esters is 1. The second-order valence-electron chi connectivity index (χ2n) is 5.26. The summed E-state index contributed by atoms with van der Waals surface area (Å²) in [6, 6.07) is 0. The van der Waals surface area contributed by atoms with Gasteiger partial charge in [-0.05, 0) is 46.1 Å². The van der Waals surface area contributed by atoms with Gasteiger partial charge in [-0.25, -0.2) is 0 Å². The Morgan fingerprint density at radius 1 is 1.47 bits per heavy atom. The molecule has 88 valence electrons. The Bertz CT molecular complexity index is 234. The minimum atomic E-state index is -0.456. The van der Waals surface area contributed by atoms with E-state index in [1.807, 2.05) is 20.8 Å². The fourth-order valence-electron chi connectivity index (χ4n) is 1.93. The van der Waals surface area contributed by atoms with Gasteiger partial charge in [-0.2, -0.15) is 0 Å². The van der Waals surface area contributed by atoms with E-state index >= 15 is 0 Å². The predicted molar refractivity (Wildman–Crippen MR) is 57.1 cm³/mol. The number of rotatable bonds is 2. The van der Waals surface area contributed by atoms with Crippen molar-refractivity contribution >= 4 is 5.97 Å². The maximum atomic E-state index is 11.7. The molecule has 0 aromatic heterocycles. The summed E-state index contributed by atoms with van der Waals surface area (Å²) in [5, 5.41) is 9.62. The highest BCUT2D eigenvalue weighted by Crippen LogP contribution is 2.32. The molecule has 1 fully saturated rings. The molecule has 3 N–H and O–H groups in total. The van der Waals surface area contributed by atoms with Crippen molar-refractivity contribution in [3.63, 3.8) is 0 Å². The number of ether oxygens (including phenoxy) is 1. The molecule has 1 aliphatic carbocycles. The van der Waals surface area contributed by atoms with Gasteiger partial charge in [0.05, 0.1) is 12.0 Å². The van der Waals surface area contributed by atoms with Crippen LogP contribution in [0, 0.1) is 11.8 Å². The van der Waals surface area contributed by atoms with Crippen LogP contribution in [0.3, 0.4) is 0 Å². The lowest BCUT2D eigenvalue weighted by atomic mass is 10.0. The standard InChI is InChI=1S/C11H21NO3/c1-11(2,3)15-10(14)7-4-8(6-12)9(13)5-7/h7-9,13H,4-6,12H2,1-3H3/t7-,8-,9+/m0/s1. The highest BCUT2D eigenvalue weighted by Gasteiger charge is 2.38. The van der Waals surface area contributed by atoms with Gasteiger partial charge in [0, 0.05) is 0 Å². The number of hydrogen-bond donors (Lipinski definition) is 2. The third kappa shape index (κ3) is 3.47. The smallest absolute Gasteiger partial charge is 0.309 e. The van der Waals surface area contributed by atoms with E-state index < -0.39 is 11.7 Å². The Balaban J connectivity index is 2.50. The first kappa shape index (κ1) is 12.5. The van der Waals surface area contributed by atoms with Gasteiger partial charge in [-0.3, -0.25) is 4.79 Å². The highest BCUT2D eigenvalue weighted by atomic mass is 16.6. The van der Waals surface area contributed by atoms with Crippen LogP contribution in [-0.4, -0.2) is 29.3 Å². The molecule has 0 aromatic carbocycles. The molecule has 0 aromatic rings. The Morgan fingerprint density at radius 2 is 2.07 bits per heavy atom. The van der Waals surface area contributed by atoms with Gasteiger partial charge in [0.25, 0.3) is 0 Å². The maximum Gasteiger partial charge on any atom is 0.309 e. The Kier molecular flexibility index (Phi) is 3.73. The molecule has 1 rings (SSSR count). The number of aliphatic hydroxyl groups is 1. The Morgan fingerprint density at radius 3 is 2.47 bits per heavy atom. The van der Waals surface area contributed by atoms with Crippen molar-refractivity contribution < 1.29 is 14.6 Å². The molecule has 4 heteroatoms. The van der Waals surface area contributed by atoms with Gasteiger partial charge in [-0.15, -0.1) is 0 Å². The quantitative estimate of drug-likeness (QED) is 0.664. The highest BCUT2D eigenvalue weighted by molar-refractivity contribution is 5.73. The molecule has 0 aliphatic heterocycles. The van der Waals surface area contributed by atoms with Crippen LogP contribution in [-0.2, 0) is 9.53 Å². The average molecular weight is 215 g/mol. The molecule has 3 atom stereocenters. The Hall–Kier alpha value is -0.610. The van der Waals surface area contributed by atoms with Gasteiger partial charge in [0.2, 0.25) is 0 Å². The largest absolute Gasteiger partial charge is 0.460 e. The van der Waals surface area contributed by atoms with Crippen molar-refractivity contribution in [3.8, 4) is 0 Å². The molecule has 0 spiro atoms. The first-order valence-electron chi connectivity index (χ1n) is 5.44. The summed E-state index contributed by atoms with van der Waals surface area (Å²) in [5.41, 5.74) is 5.05. The first-order valence-corrected chi connectivity index (χ1v) is 5.44. The second kappa shape index (κ2) is 4.49. The van der Waals surface area contributed by atoms with Crippen molar-refractivity contribution in [1.29, 1.82) is 0 Å². The molecule has 0 radical (unpaired) electrons. The van der Waals surface area contributed by atoms with Gasteiger partial charge < -0.3 is 15.6 Å². The van der Waals surface area contributed by atoms with Crippen molar-refractivity contribution in [2.24, 2.45) is 17.6 Å². The normalized spacial score (nSPS) is 31.7. The van der Waals surface area contributed by atoms with Crippen LogP contribution in [0.4, 0.5) is 0 Å². The van der Waals surface area contributed by atoms with E-state index in [1.165, 1.54) is 0 Å². The number of carbonyl (C=O) groups excluding carboxylic acids is 1. The summed E-state index contributed by atoms with van der Waals surface area (Å²) in [6.07, 6.45) is 0.677. The van der Waals surface area contributed by atoms with E-state index in [0.717, 1.165) is 0 Å². The summed E-state index contributed by atoms with van der Waals surface area (Å²) in [6.45, 7) is 5.96. The minimum Gasteiger partial charge on any atom is -0.460 e. The van der Waals surface area contributed by atoms with Crippen molar-refractivity contribution in [2.75, 3.05) is 6.54 Å². The summed E-state index contributed by atoms with van der Waals surface area (Å²) in [5.74, 6) is -0.354. The topological polar surface area (TPSA) is 72.5 Å². The molecule has 0 heterocycles. The molecule has 0 saturated heterocycles. The SMILES string of the molecule is CC(C)(C)OC(=O)[C@H]1C[C@@H](CN)[C@H](O)C1. The van der Waals surface area contributed by atoms with E-state index in [-0.39, 0.29) is 17.8 Å². The molecule has 0 amide bonds. The fraction of sp³-hybridized carbons (Fsp3) is 0.909. The van der Waals surface area contributed by atoms with Crippen LogP contribution in [0.2, 0.25) is 0 Å². The molecular weight excluding hydrogens is 194 g/mol. The van der Waals surface area contributed by atoms with Crippen LogP contribution >= 0.6 is 0 Å². The van der Waals surface area contributed by atoms with Crippen molar-refractivity contribution in [2.45, 2.75) is 45.3 Å². The number of carbonyl (C=O) groups is 1. The van der Waals surface area contributed by atoms with Gasteiger partial charge in [-0.1, -0.05) is 0 Å². The molecule has 4 nitrogen and oxygen atoms in total. The monoisotopic (exact) mass is 215 g/mol. The molecule has 1 saturated carbocycles. The first-order chi connectivity index (χ1) is 6.83. The number of nitrogens with two attached hydrogens (primary N) is 1. The summed E-state index contributed by atoms with van der Waals surface area (Å²) in [4.78, 5) is 11.7. The van der Waals surface area contributed by atoms with E-state index in [0.29, 0.717) is 19.4 Å². The fourth-order valence-corrected chi connectivity index (χ4v) is 1.93. The molecule has 0 bridgehead atoms. The zero-order chi connectivity index (χ0) is 11.6. The maximum absolute atomic E-state index is 11.7. The molecule has 1 aliphatic rings. The van der Waals surface area contributed by atoms with Crippen LogP contribution in [0.5, 0.6) is 0 Å². The van der Waals surface area contributed by atoms with Crippen molar-refractivity contribution in [3.05, 3.63) is 0 Å². The van der Waals surface area contributed by atoms with Crippen LogP contribution in [0.25, 0.3) is 0 Å². The second-order valence-corrected chi connectivity index (χ2v) is 5.26. The lowest BCUT2D eigenvalue weighted by molar-refractivity contribution is -0.160. The van der Waals surface area contributed by atoms with E-state index in [2.05, 4.69) is 0 Å². The van der Waals surface area contributed by atoms with Crippen molar-refractivity contribution in [1.82, 2.24) is 0 Å². The molecule has 0 unspecified atom stereocenters. The predicted octanol–water partition coefficient (Wildman–Crippen LogP) is 0.674. The summed E-state index contributed by atoms with van der Waals surface area (Å²) in [7, 11) is 0. The van der Waals surface area contributed by atoms with Gasteiger partial charge in [0.1, 0.15) is 5.60 Å². The lowest BCUT2D eigenvalue weighted by Gasteiger charge is -2.21. The lowest BCUT2D eigenvalue weighted by Crippen LogP contribution is -2.28. The van der Waals surface area contributed by atoms with Crippen LogP contribution < -0.4 is 5.73 Å². The minimum absolute atomic E-state index is 0.0440. The van der Waals surface area contributed by atoms with Gasteiger partial charge in [0.15, 0.2) is 0 Å². The van der Waals surface area contributed by atoms with E-state index in [1.54, 1.807) is 0 Å². The zero-order valence-corrected chi connectivity index (χ0v) is 9.69. The third-order valence-corrected chi connectivity index (χ3v) is 2.70. The third-order valence-electron chi connectivity index (χ3n) is 2.70. The van der Waals surface area contributed by atoms with Crippen LogP contribution in [0.15, 0.2) is 0 Å². The molecule has 15 heavy (non-hydrogen) atoms. The summed E-state index contributed by atoms with van der Waals surface area (Å²) < 4.78 is 5.27. The Labute approximate surface area is 90.8 Å². The van der Waals surface area contributed by atoms with Crippen LogP contribution in [0.1, 0.15) is 33.6 Å². The summed E-state index contributed by atoms with van der Waals surface area (Å²) >= 11 is 0. The average Bonchev–Trinajstić information content (AvgIpc) is 2.43.